The fraction of sp³-hybridized carbons (Fsp3) is 0.385. The number of nitrogens with zero attached hydrogens (tertiary/aromatic N) is 3. The monoisotopic (exact) mass is 433 g/mol. The molecule has 0 spiro atoms. The van der Waals surface area contributed by atoms with Crippen LogP contribution in [0, 0.1) is 12.8 Å². The van der Waals surface area contributed by atoms with Crippen LogP contribution in [-0.4, -0.2) is 53.9 Å². The number of carbonyl (C=O) groups excluding carboxylic acids is 1. The molecule has 1 atom stereocenters. The van der Waals surface area contributed by atoms with Gasteiger partial charge in [-0.3, -0.25) is 4.79 Å². The molecule has 0 saturated carbocycles. The molecule has 1 fully saturated rings. The number of rotatable bonds is 7. The molecule has 1 saturated heterocycles. The first kappa shape index (κ1) is 21.7. The lowest BCUT2D eigenvalue weighted by molar-refractivity contribution is -0.125. The highest BCUT2D eigenvalue weighted by Crippen LogP contribution is 2.23. The molecule has 0 unspecified atom stereocenters. The maximum Gasteiger partial charge on any atom is 0.246 e. The first-order valence-electron chi connectivity index (χ1n) is 11.1. The van der Waals surface area contributed by atoms with Gasteiger partial charge in [0.2, 0.25) is 5.91 Å². The number of hydrogen-bond acceptors (Lipinski definition) is 4. The van der Waals surface area contributed by atoms with E-state index in [1.807, 2.05) is 36.2 Å². The highest BCUT2D eigenvalue weighted by molar-refractivity contribution is 7.19. The minimum absolute atomic E-state index is 0.0521. The zero-order valence-corrected chi connectivity index (χ0v) is 19.3. The van der Waals surface area contributed by atoms with Gasteiger partial charge in [-0.25, -0.2) is 4.98 Å². The van der Waals surface area contributed by atoms with Crippen LogP contribution in [0.25, 0.3) is 16.3 Å². The molecule has 31 heavy (non-hydrogen) atoms. The van der Waals surface area contributed by atoms with Gasteiger partial charge in [-0.1, -0.05) is 36.4 Å². The van der Waals surface area contributed by atoms with Gasteiger partial charge in [-0.05, 0) is 68.0 Å². The molecule has 2 aromatic carbocycles. The minimum atomic E-state index is 0.0521. The first-order valence-corrected chi connectivity index (χ1v) is 12.0. The van der Waals surface area contributed by atoms with Gasteiger partial charge >= 0.3 is 0 Å². The van der Waals surface area contributed by atoms with Crippen molar-refractivity contribution in [1.82, 2.24) is 14.8 Å². The maximum atomic E-state index is 12.6. The van der Waals surface area contributed by atoms with Crippen LogP contribution < -0.4 is 0 Å². The van der Waals surface area contributed by atoms with E-state index in [2.05, 4.69) is 47.1 Å². The Morgan fingerprint density at radius 1 is 1.23 bits per heavy atom. The number of carbonyl (C=O) groups is 1. The molecule has 0 N–H and O–H groups in total. The lowest BCUT2D eigenvalue weighted by Crippen LogP contribution is -2.42. The van der Waals surface area contributed by atoms with Crippen LogP contribution in [0.5, 0.6) is 0 Å². The van der Waals surface area contributed by atoms with Crippen molar-refractivity contribution < 1.29 is 4.79 Å². The van der Waals surface area contributed by atoms with Gasteiger partial charge in [0.1, 0.15) is 5.01 Å². The molecule has 0 aliphatic carbocycles. The van der Waals surface area contributed by atoms with Crippen molar-refractivity contribution in [1.29, 1.82) is 0 Å². The average molecular weight is 434 g/mol. The standard InChI is InChI=1S/C26H31N3OS/c1-20-8-3-4-10-22(20)15-17-29-16-7-9-21(19-29)18-28(2)26(30)14-13-25-27-23-11-5-6-12-24(23)31-25/h3-6,8,10-14,21H,7,9,15-19H2,1-2H3/b14-13+/t21-/m1/s1. The van der Waals surface area contributed by atoms with E-state index in [9.17, 15) is 4.79 Å². The number of piperidine rings is 1. The van der Waals surface area contributed by atoms with Crippen molar-refractivity contribution in [2.24, 2.45) is 5.92 Å². The number of thiazole rings is 1. The van der Waals surface area contributed by atoms with E-state index < -0.39 is 0 Å². The third-order valence-corrected chi connectivity index (χ3v) is 7.15. The van der Waals surface area contributed by atoms with E-state index in [0.717, 1.165) is 47.8 Å². The molecule has 4 rings (SSSR count). The molecule has 2 heterocycles. The lowest BCUT2D eigenvalue weighted by Gasteiger charge is -2.34. The third kappa shape index (κ3) is 5.81. The molecule has 1 aliphatic heterocycles. The Bertz CT molecular complexity index is 1020. The second-order valence-corrected chi connectivity index (χ2v) is 9.62. The topological polar surface area (TPSA) is 36.4 Å². The van der Waals surface area contributed by atoms with Crippen molar-refractivity contribution in [3.05, 3.63) is 70.7 Å². The smallest absolute Gasteiger partial charge is 0.246 e. The molecule has 0 radical (unpaired) electrons. The van der Waals surface area contributed by atoms with Crippen molar-refractivity contribution in [2.45, 2.75) is 26.2 Å². The largest absolute Gasteiger partial charge is 0.342 e. The van der Waals surface area contributed by atoms with E-state index in [1.54, 1.807) is 17.4 Å². The van der Waals surface area contributed by atoms with Crippen molar-refractivity contribution in [3.8, 4) is 0 Å². The Morgan fingerprint density at radius 3 is 2.87 bits per heavy atom. The second-order valence-electron chi connectivity index (χ2n) is 8.56. The van der Waals surface area contributed by atoms with Crippen LogP contribution in [0.3, 0.4) is 0 Å². The Hall–Kier alpha value is -2.50. The van der Waals surface area contributed by atoms with Gasteiger partial charge < -0.3 is 9.80 Å². The zero-order valence-electron chi connectivity index (χ0n) is 18.5. The Kier molecular flexibility index (Phi) is 7.15. The molecule has 3 aromatic rings. The normalized spacial score (nSPS) is 17.4. The highest BCUT2D eigenvalue weighted by Gasteiger charge is 2.22. The summed E-state index contributed by atoms with van der Waals surface area (Å²) in [6.45, 7) is 6.33. The summed E-state index contributed by atoms with van der Waals surface area (Å²) >= 11 is 1.62. The molecule has 1 aromatic heterocycles. The van der Waals surface area contributed by atoms with Crippen LogP contribution >= 0.6 is 11.3 Å². The third-order valence-electron chi connectivity index (χ3n) is 6.15. The fourth-order valence-corrected chi connectivity index (χ4v) is 5.25. The van der Waals surface area contributed by atoms with Gasteiger partial charge in [0.15, 0.2) is 0 Å². The molecule has 1 amide bonds. The highest BCUT2D eigenvalue weighted by atomic mass is 32.1. The summed E-state index contributed by atoms with van der Waals surface area (Å²) in [6, 6.07) is 16.7. The number of fused-ring (bicyclic) bond motifs is 1. The zero-order chi connectivity index (χ0) is 21.6. The van der Waals surface area contributed by atoms with Gasteiger partial charge in [0, 0.05) is 32.8 Å². The van der Waals surface area contributed by atoms with Crippen molar-refractivity contribution >= 4 is 33.5 Å². The number of likely N-dealkylation sites (tertiary alicyclic amines) is 1. The number of hydrogen-bond donors (Lipinski definition) is 0. The summed E-state index contributed by atoms with van der Waals surface area (Å²) in [7, 11) is 1.91. The summed E-state index contributed by atoms with van der Waals surface area (Å²) < 4.78 is 1.15. The van der Waals surface area contributed by atoms with Gasteiger partial charge in [-0.15, -0.1) is 11.3 Å². The number of aryl methyl sites for hydroxylation is 1. The summed E-state index contributed by atoms with van der Waals surface area (Å²) in [6.07, 6.45) is 7.01. The van der Waals surface area contributed by atoms with E-state index in [1.165, 1.54) is 24.0 Å². The van der Waals surface area contributed by atoms with Crippen LogP contribution in [0.4, 0.5) is 0 Å². The summed E-state index contributed by atoms with van der Waals surface area (Å²) in [5.41, 5.74) is 3.80. The predicted octanol–water partition coefficient (Wildman–Crippen LogP) is 5.03. The summed E-state index contributed by atoms with van der Waals surface area (Å²) in [5, 5.41) is 0.878. The van der Waals surface area contributed by atoms with E-state index in [-0.39, 0.29) is 5.91 Å². The Labute approximate surface area is 189 Å². The molecular formula is C26H31N3OS. The minimum Gasteiger partial charge on any atom is -0.342 e. The number of benzene rings is 2. The van der Waals surface area contributed by atoms with Crippen LogP contribution in [0.15, 0.2) is 54.6 Å². The lowest BCUT2D eigenvalue weighted by atomic mass is 9.96. The van der Waals surface area contributed by atoms with Crippen molar-refractivity contribution in [2.75, 3.05) is 33.2 Å². The van der Waals surface area contributed by atoms with Gasteiger partial charge in [0.05, 0.1) is 10.2 Å². The number of amides is 1. The van der Waals surface area contributed by atoms with E-state index >= 15 is 0 Å². The Balaban J connectivity index is 1.27. The molecule has 5 heteroatoms. The van der Waals surface area contributed by atoms with E-state index in [0.29, 0.717) is 5.92 Å². The summed E-state index contributed by atoms with van der Waals surface area (Å²) in [4.78, 5) is 21.6. The van der Waals surface area contributed by atoms with Crippen LogP contribution in [0.1, 0.15) is 29.0 Å². The molecular weight excluding hydrogens is 402 g/mol. The maximum absolute atomic E-state index is 12.6. The van der Waals surface area contributed by atoms with Crippen LogP contribution in [-0.2, 0) is 11.2 Å². The van der Waals surface area contributed by atoms with Crippen molar-refractivity contribution in [3.63, 3.8) is 0 Å². The summed E-state index contributed by atoms with van der Waals surface area (Å²) in [5.74, 6) is 0.590. The number of aromatic nitrogens is 1. The Morgan fingerprint density at radius 2 is 2.03 bits per heavy atom. The predicted molar refractivity (Wildman–Crippen MR) is 130 cm³/mol. The van der Waals surface area contributed by atoms with Crippen LogP contribution in [0.2, 0.25) is 0 Å². The fourth-order valence-electron chi connectivity index (χ4n) is 4.38. The quantitative estimate of drug-likeness (QED) is 0.490. The average Bonchev–Trinajstić information content (AvgIpc) is 3.20. The number of para-hydroxylation sites is 1. The van der Waals surface area contributed by atoms with Gasteiger partial charge in [0.25, 0.3) is 0 Å². The van der Waals surface area contributed by atoms with E-state index in [4.69, 9.17) is 0 Å². The number of likely N-dealkylation sites (N-methyl/N-ethyl adjacent to an activating group) is 1. The first-order chi connectivity index (χ1) is 15.1. The molecule has 0 bridgehead atoms. The molecule has 162 valence electrons. The molecule has 4 nitrogen and oxygen atoms in total. The SMILES string of the molecule is Cc1ccccc1CCN1CCC[C@H](CN(C)C(=O)/C=C/c2nc3ccccc3s2)C1. The van der Waals surface area contributed by atoms with Gasteiger partial charge in [-0.2, -0.15) is 0 Å². The second kappa shape index (κ2) is 10.2. The molecule has 1 aliphatic rings.